The molecule has 0 radical (unpaired) electrons. The molecule has 37 heavy (non-hydrogen) atoms. The van der Waals surface area contributed by atoms with Crippen LogP contribution < -0.4 is 21.3 Å². The third-order valence-electron chi connectivity index (χ3n) is 5.19. The second-order valence-electron chi connectivity index (χ2n) is 8.12. The highest BCUT2D eigenvalue weighted by Gasteiger charge is 2.12. The van der Waals surface area contributed by atoms with Gasteiger partial charge in [0.25, 0.3) is 0 Å². The zero-order chi connectivity index (χ0) is 27.9. The van der Waals surface area contributed by atoms with Crippen LogP contribution in [0.25, 0.3) is 0 Å². The topological polar surface area (TPSA) is 140 Å². The smallest absolute Gasteiger partial charge is 0.246 e. The molecule has 206 valence electrons. The molecule has 0 fully saturated rings. The van der Waals surface area contributed by atoms with Gasteiger partial charge in [0, 0.05) is 65.3 Å². The Morgan fingerprint density at radius 3 is 1.89 bits per heavy atom. The van der Waals surface area contributed by atoms with Crippen molar-refractivity contribution in [3.05, 3.63) is 50.1 Å². The molecule has 0 heterocycles. The Labute approximate surface area is 220 Å². The van der Waals surface area contributed by atoms with Crippen LogP contribution >= 0.6 is 0 Å². The molecule has 11 heteroatoms. The molecule has 0 aromatic rings. The monoisotopic (exact) mass is 518 g/mol. The van der Waals surface area contributed by atoms with Crippen molar-refractivity contribution >= 4 is 29.9 Å². The van der Waals surface area contributed by atoms with Crippen molar-refractivity contribution < 1.29 is 24.0 Å². The van der Waals surface area contributed by atoms with Crippen molar-refractivity contribution in [2.75, 3.05) is 65.4 Å². The summed E-state index contributed by atoms with van der Waals surface area (Å²) in [4.78, 5) is 61.3. The van der Waals surface area contributed by atoms with Crippen LogP contribution in [0.15, 0.2) is 50.1 Å². The van der Waals surface area contributed by atoms with E-state index in [2.05, 4.69) is 52.5 Å². The van der Waals surface area contributed by atoms with Gasteiger partial charge in [-0.3, -0.25) is 24.0 Å². The van der Waals surface area contributed by atoms with Crippen LogP contribution in [-0.2, 0) is 24.0 Å². The van der Waals surface area contributed by atoms with Crippen LogP contribution in [0.1, 0.15) is 19.3 Å². The molecule has 0 aromatic heterocycles. The Hall–Kier alpha value is -3.57. The Kier molecular flexibility index (Phi) is 19.6. The van der Waals surface area contributed by atoms with Gasteiger partial charge in [-0.25, -0.2) is 0 Å². The van der Waals surface area contributed by atoms with Gasteiger partial charge in [0.1, 0.15) is 6.29 Å². The van der Waals surface area contributed by atoms with Gasteiger partial charge in [-0.15, -0.1) is 0 Å². The lowest BCUT2D eigenvalue weighted by molar-refractivity contribution is -0.127. The molecule has 4 N–H and O–H groups in total. The van der Waals surface area contributed by atoms with Gasteiger partial charge in [0.2, 0.25) is 23.6 Å². The molecule has 4 amide bonds. The Morgan fingerprint density at radius 1 is 0.703 bits per heavy atom. The third-order valence-corrected chi connectivity index (χ3v) is 5.19. The molecule has 0 aromatic carbocycles. The standard InChI is InChI=1S/C26H42N6O5/c1-5-23(34)28-11-8-15-31(18-13-27-20-22(4)21-33)17-10-25(36)30-14-19-32(26(37)7-3)16-9-12-29-24(35)6-2/h5-7,21,27H,1-4,8-20H2,(H,28,34)(H,29,35)(H,30,36). The molecule has 0 bridgehead atoms. The van der Waals surface area contributed by atoms with E-state index in [1.165, 1.54) is 18.2 Å². The average Bonchev–Trinajstić information content (AvgIpc) is 2.91. The fourth-order valence-corrected chi connectivity index (χ4v) is 3.14. The van der Waals surface area contributed by atoms with Gasteiger partial charge in [0.15, 0.2) is 0 Å². The van der Waals surface area contributed by atoms with Gasteiger partial charge < -0.3 is 31.1 Å². The fourth-order valence-electron chi connectivity index (χ4n) is 3.14. The third kappa shape index (κ3) is 18.4. The number of nitrogens with zero attached hydrogens (tertiary/aromatic N) is 2. The number of amides is 4. The average molecular weight is 519 g/mol. The Bertz CT molecular complexity index is 770. The summed E-state index contributed by atoms with van der Waals surface area (Å²) < 4.78 is 0. The lowest BCUT2D eigenvalue weighted by atomic mass is 10.3. The van der Waals surface area contributed by atoms with Crippen molar-refractivity contribution in [2.24, 2.45) is 0 Å². The lowest BCUT2D eigenvalue weighted by Crippen LogP contribution is -2.40. The summed E-state index contributed by atoms with van der Waals surface area (Å²) in [5.74, 6) is -0.891. The van der Waals surface area contributed by atoms with E-state index < -0.39 is 0 Å². The van der Waals surface area contributed by atoms with Crippen LogP contribution in [-0.4, -0.2) is 105 Å². The Morgan fingerprint density at radius 2 is 1.32 bits per heavy atom. The summed E-state index contributed by atoms with van der Waals surface area (Å²) in [5.41, 5.74) is 0.462. The molecule has 0 unspecified atom stereocenters. The van der Waals surface area contributed by atoms with E-state index in [1.807, 2.05) is 0 Å². The first kappa shape index (κ1) is 33.4. The van der Waals surface area contributed by atoms with E-state index in [1.54, 1.807) is 4.90 Å². The molecule has 0 saturated heterocycles. The molecule has 0 spiro atoms. The summed E-state index contributed by atoms with van der Waals surface area (Å²) >= 11 is 0. The Balaban J connectivity index is 4.53. The first-order chi connectivity index (χ1) is 17.8. The number of aldehydes is 1. The van der Waals surface area contributed by atoms with Crippen molar-refractivity contribution in [1.82, 2.24) is 31.1 Å². The predicted molar refractivity (Wildman–Crippen MR) is 145 cm³/mol. The largest absolute Gasteiger partial charge is 0.354 e. The van der Waals surface area contributed by atoms with Gasteiger partial charge in [-0.2, -0.15) is 0 Å². The second-order valence-corrected chi connectivity index (χ2v) is 8.12. The predicted octanol–water partition coefficient (Wildman–Crippen LogP) is -0.461. The van der Waals surface area contributed by atoms with E-state index in [4.69, 9.17) is 0 Å². The maximum absolute atomic E-state index is 12.4. The van der Waals surface area contributed by atoms with Gasteiger partial charge in [-0.1, -0.05) is 26.3 Å². The SMILES string of the molecule is C=CC(=O)NCCCN(CCNCC(=C)C=O)CCC(=O)NCCN(CCCNC(=O)C=C)C(=O)C=C. The van der Waals surface area contributed by atoms with Crippen LogP contribution in [0.4, 0.5) is 0 Å². The van der Waals surface area contributed by atoms with E-state index in [-0.39, 0.29) is 30.0 Å². The zero-order valence-corrected chi connectivity index (χ0v) is 21.8. The molecule has 0 rings (SSSR count). The number of hydrogen-bond acceptors (Lipinski definition) is 7. The van der Waals surface area contributed by atoms with Crippen LogP contribution in [0.2, 0.25) is 0 Å². The zero-order valence-electron chi connectivity index (χ0n) is 21.8. The van der Waals surface area contributed by atoms with Crippen molar-refractivity contribution in [1.29, 1.82) is 0 Å². The summed E-state index contributed by atoms with van der Waals surface area (Å²) in [6, 6.07) is 0. The van der Waals surface area contributed by atoms with E-state index in [9.17, 15) is 24.0 Å². The first-order valence-corrected chi connectivity index (χ1v) is 12.3. The number of hydrogen-bond donors (Lipinski definition) is 4. The molecular weight excluding hydrogens is 476 g/mol. The molecule has 11 nitrogen and oxygen atoms in total. The maximum atomic E-state index is 12.4. The number of carbonyl (C=O) groups excluding carboxylic acids is 5. The van der Waals surface area contributed by atoms with Gasteiger partial charge >= 0.3 is 0 Å². The molecule has 0 aliphatic rings. The number of rotatable bonds is 23. The molecule has 0 saturated carbocycles. The maximum Gasteiger partial charge on any atom is 0.246 e. The van der Waals surface area contributed by atoms with Crippen LogP contribution in [0, 0.1) is 0 Å². The summed E-state index contributed by atoms with van der Waals surface area (Å²) in [6.45, 7) is 18.7. The molecule has 0 aliphatic heterocycles. The van der Waals surface area contributed by atoms with Crippen molar-refractivity contribution in [2.45, 2.75) is 19.3 Å². The van der Waals surface area contributed by atoms with E-state index >= 15 is 0 Å². The van der Waals surface area contributed by atoms with E-state index in [0.29, 0.717) is 90.1 Å². The van der Waals surface area contributed by atoms with Gasteiger partial charge in [0.05, 0.1) is 0 Å². The highest BCUT2D eigenvalue weighted by molar-refractivity contribution is 5.87. The van der Waals surface area contributed by atoms with Gasteiger partial charge in [-0.05, 0) is 43.2 Å². The highest BCUT2D eigenvalue weighted by atomic mass is 16.2. The van der Waals surface area contributed by atoms with Crippen molar-refractivity contribution in [3.8, 4) is 0 Å². The first-order valence-electron chi connectivity index (χ1n) is 12.3. The van der Waals surface area contributed by atoms with Crippen molar-refractivity contribution in [3.63, 3.8) is 0 Å². The lowest BCUT2D eigenvalue weighted by Gasteiger charge is -2.23. The molecular formula is C26H42N6O5. The summed E-state index contributed by atoms with van der Waals surface area (Å²) in [6.07, 6.45) is 5.86. The summed E-state index contributed by atoms with van der Waals surface area (Å²) in [5, 5.41) is 11.4. The van der Waals surface area contributed by atoms with Crippen LogP contribution in [0.5, 0.6) is 0 Å². The number of carbonyl (C=O) groups is 5. The normalized spacial score (nSPS) is 10.2. The number of nitrogens with one attached hydrogen (secondary N) is 4. The van der Waals surface area contributed by atoms with Crippen LogP contribution in [0.3, 0.4) is 0 Å². The van der Waals surface area contributed by atoms with E-state index in [0.717, 1.165) is 0 Å². The molecule has 0 atom stereocenters. The fraction of sp³-hybridized carbons (Fsp3) is 0.500. The minimum absolute atomic E-state index is 0.142. The quantitative estimate of drug-likeness (QED) is 0.0815. The molecule has 0 aliphatic carbocycles. The summed E-state index contributed by atoms with van der Waals surface area (Å²) in [7, 11) is 0. The highest BCUT2D eigenvalue weighted by Crippen LogP contribution is 1.97. The minimum Gasteiger partial charge on any atom is -0.354 e. The second kappa shape index (κ2) is 21.7. The minimum atomic E-state index is -0.272.